The third kappa shape index (κ3) is 4.34. The number of hydrogen-bond acceptors (Lipinski definition) is 5. The molecule has 0 saturated heterocycles. The van der Waals surface area contributed by atoms with Crippen LogP contribution in [0.25, 0.3) is 22.5 Å². The van der Waals surface area contributed by atoms with Gasteiger partial charge in [-0.25, -0.2) is 4.98 Å². The van der Waals surface area contributed by atoms with Crippen LogP contribution >= 0.6 is 0 Å². The van der Waals surface area contributed by atoms with Gasteiger partial charge >= 0.3 is 0 Å². The number of methoxy groups -OCH3 is 2. The van der Waals surface area contributed by atoms with Gasteiger partial charge < -0.3 is 18.9 Å². The Morgan fingerprint density at radius 1 is 1.00 bits per heavy atom. The number of aromatic nitrogens is 3. The number of pyridine rings is 1. The van der Waals surface area contributed by atoms with E-state index in [0.29, 0.717) is 0 Å². The van der Waals surface area contributed by atoms with Crippen LogP contribution in [0.2, 0.25) is 0 Å². The quantitative estimate of drug-likeness (QED) is 0.593. The minimum atomic E-state index is 0.718. The molecule has 0 saturated carbocycles. The standard InChI is InChI=1S/C22H28N4O2/c1-16-13-18(21(28-5)15-24-16)19-14-17(7-8-20(19)27-4)22-23-9-12-26(22)11-6-10-25(2)3/h7-9,12-15H,6,10-11H2,1-5H3. The van der Waals surface area contributed by atoms with Crippen molar-refractivity contribution in [1.82, 2.24) is 19.4 Å². The molecule has 2 heterocycles. The molecule has 0 spiro atoms. The fourth-order valence-electron chi connectivity index (χ4n) is 3.29. The van der Waals surface area contributed by atoms with Crippen molar-refractivity contribution in [2.45, 2.75) is 19.9 Å². The van der Waals surface area contributed by atoms with Crippen LogP contribution in [0.3, 0.4) is 0 Å². The Labute approximate surface area is 166 Å². The number of nitrogens with zero attached hydrogens (tertiary/aromatic N) is 4. The van der Waals surface area contributed by atoms with Gasteiger partial charge in [-0.15, -0.1) is 0 Å². The fraction of sp³-hybridized carbons (Fsp3) is 0.364. The molecule has 6 nitrogen and oxygen atoms in total. The largest absolute Gasteiger partial charge is 0.496 e. The van der Waals surface area contributed by atoms with Gasteiger partial charge in [0.25, 0.3) is 0 Å². The van der Waals surface area contributed by atoms with Crippen LogP contribution in [-0.4, -0.2) is 54.3 Å². The van der Waals surface area contributed by atoms with Crippen LogP contribution in [0, 0.1) is 6.92 Å². The van der Waals surface area contributed by atoms with E-state index in [9.17, 15) is 0 Å². The summed E-state index contributed by atoms with van der Waals surface area (Å²) in [5.41, 5.74) is 3.89. The second-order valence-electron chi connectivity index (χ2n) is 7.04. The highest BCUT2D eigenvalue weighted by Gasteiger charge is 2.15. The van der Waals surface area contributed by atoms with Gasteiger partial charge in [0.05, 0.1) is 20.4 Å². The predicted octanol–water partition coefficient (Wildman–Crippen LogP) is 3.89. The lowest BCUT2D eigenvalue weighted by atomic mass is 10.0. The molecule has 148 valence electrons. The average molecular weight is 380 g/mol. The Hall–Kier alpha value is -2.86. The summed E-state index contributed by atoms with van der Waals surface area (Å²) in [6, 6.07) is 8.16. The molecule has 0 fully saturated rings. The van der Waals surface area contributed by atoms with Crippen LogP contribution in [0.5, 0.6) is 11.5 Å². The average Bonchev–Trinajstić information content (AvgIpc) is 3.15. The highest BCUT2D eigenvalue weighted by atomic mass is 16.5. The van der Waals surface area contributed by atoms with Crippen molar-refractivity contribution in [2.24, 2.45) is 0 Å². The molecule has 0 bridgehead atoms. The Kier molecular flexibility index (Phi) is 6.31. The second kappa shape index (κ2) is 8.89. The van der Waals surface area contributed by atoms with E-state index in [1.807, 2.05) is 37.5 Å². The SMILES string of the molecule is COc1ccc(-c2nccn2CCCN(C)C)cc1-c1cc(C)ncc1OC. The summed E-state index contributed by atoms with van der Waals surface area (Å²) in [5.74, 6) is 2.46. The third-order valence-electron chi connectivity index (χ3n) is 4.69. The molecule has 3 rings (SSSR count). The van der Waals surface area contributed by atoms with Crippen molar-refractivity contribution >= 4 is 0 Å². The van der Waals surface area contributed by atoms with E-state index in [1.165, 1.54) is 0 Å². The lowest BCUT2D eigenvalue weighted by Gasteiger charge is -2.15. The minimum Gasteiger partial charge on any atom is -0.496 e. The first kappa shape index (κ1) is 19.9. The number of benzene rings is 1. The summed E-state index contributed by atoms with van der Waals surface area (Å²) in [6.07, 6.45) is 6.70. The number of hydrogen-bond donors (Lipinski definition) is 0. The highest BCUT2D eigenvalue weighted by molar-refractivity contribution is 5.79. The van der Waals surface area contributed by atoms with Gasteiger partial charge in [-0.3, -0.25) is 4.98 Å². The Morgan fingerprint density at radius 2 is 1.75 bits per heavy atom. The van der Waals surface area contributed by atoms with Gasteiger partial charge in [-0.2, -0.15) is 0 Å². The highest BCUT2D eigenvalue weighted by Crippen LogP contribution is 2.38. The van der Waals surface area contributed by atoms with Crippen molar-refractivity contribution in [2.75, 3.05) is 34.9 Å². The van der Waals surface area contributed by atoms with Crippen LogP contribution < -0.4 is 9.47 Å². The molecule has 0 unspecified atom stereocenters. The van der Waals surface area contributed by atoms with E-state index in [4.69, 9.17) is 9.47 Å². The van der Waals surface area contributed by atoms with Crippen molar-refractivity contribution < 1.29 is 9.47 Å². The first-order chi connectivity index (χ1) is 13.5. The first-order valence-electron chi connectivity index (χ1n) is 9.38. The number of ether oxygens (including phenoxy) is 2. The zero-order chi connectivity index (χ0) is 20.1. The smallest absolute Gasteiger partial charge is 0.145 e. The topological polar surface area (TPSA) is 52.4 Å². The molecule has 0 aliphatic heterocycles. The molecular formula is C22H28N4O2. The Morgan fingerprint density at radius 3 is 2.46 bits per heavy atom. The molecule has 3 aromatic rings. The van der Waals surface area contributed by atoms with Crippen LogP contribution in [0.15, 0.2) is 42.9 Å². The molecule has 1 aromatic carbocycles. The van der Waals surface area contributed by atoms with E-state index in [-0.39, 0.29) is 0 Å². The summed E-state index contributed by atoms with van der Waals surface area (Å²) in [5, 5.41) is 0. The molecular weight excluding hydrogens is 352 g/mol. The molecule has 6 heteroatoms. The molecule has 2 aromatic heterocycles. The zero-order valence-corrected chi connectivity index (χ0v) is 17.3. The van der Waals surface area contributed by atoms with E-state index in [0.717, 1.165) is 59.2 Å². The molecule has 0 radical (unpaired) electrons. The molecule has 0 aliphatic carbocycles. The molecule has 0 aliphatic rings. The third-order valence-corrected chi connectivity index (χ3v) is 4.69. The summed E-state index contributed by atoms with van der Waals surface area (Å²) in [4.78, 5) is 11.1. The maximum atomic E-state index is 5.62. The monoisotopic (exact) mass is 380 g/mol. The van der Waals surface area contributed by atoms with Crippen molar-refractivity contribution in [3.8, 4) is 34.0 Å². The van der Waals surface area contributed by atoms with E-state index in [2.05, 4.69) is 39.6 Å². The molecule has 0 N–H and O–H groups in total. The summed E-state index contributed by atoms with van der Waals surface area (Å²) >= 11 is 0. The predicted molar refractivity (Wildman–Crippen MR) is 112 cm³/mol. The Bertz CT molecular complexity index is 934. The number of imidazole rings is 1. The van der Waals surface area contributed by atoms with Crippen LogP contribution in [-0.2, 0) is 6.54 Å². The molecule has 28 heavy (non-hydrogen) atoms. The van der Waals surface area contributed by atoms with Crippen molar-refractivity contribution in [3.63, 3.8) is 0 Å². The van der Waals surface area contributed by atoms with Crippen molar-refractivity contribution in [1.29, 1.82) is 0 Å². The number of rotatable bonds is 8. The summed E-state index contributed by atoms with van der Waals surface area (Å²) < 4.78 is 13.4. The molecule has 0 amide bonds. The van der Waals surface area contributed by atoms with Crippen molar-refractivity contribution in [3.05, 3.63) is 48.5 Å². The van der Waals surface area contributed by atoms with Gasteiger partial charge in [0.2, 0.25) is 0 Å². The lowest BCUT2D eigenvalue weighted by Crippen LogP contribution is -2.15. The van der Waals surface area contributed by atoms with Crippen LogP contribution in [0.1, 0.15) is 12.1 Å². The van der Waals surface area contributed by atoms with Gasteiger partial charge in [0.15, 0.2) is 0 Å². The number of aryl methyl sites for hydroxylation is 2. The van der Waals surface area contributed by atoms with Gasteiger partial charge in [0.1, 0.15) is 17.3 Å². The summed E-state index contributed by atoms with van der Waals surface area (Å²) in [6.45, 7) is 3.93. The second-order valence-corrected chi connectivity index (χ2v) is 7.04. The van der Waals surface area contributed by atoms with Gasteiger partial charge in [-0.05, 0) is 58.3 Å². The van der Waals surface area contributed by atoms with Gasteiger partial charge in [0, 0.05) is 41.3 Å². The Balaban J connectivity index is 2.02. The lowest BCUT2D eigenvalue weighted by molar-refractivity contribution is 0.387. The first-order valence-corrected chi connectivity index (χ1v) is 9.38. The maximum absolute atomic E-state index is 5.62. The van der Waals surface area contributed by atoms with E-state index in [1.54, 1.807) is 20.4 Å². The fourth-order valence-corrected chi connectivity index (χ4v) is 3.29. The molecule has 0 atom stereocenters. The van der Waals surface area contributed by atoms with Crippen LogP contribution in [0.4, 0.5) is 0 Å². The van der Waals surface area contributed by atoms with E-state index < -0.39 is 0 Å². The minimum absolute atomic E-state index is 0.718. The normalized spacial score (nSPS) is 11.1. The summed E-state index contributed by atoms with van der Waals surface area (Å²) in [7, 11) is 7.52. The zero-order valence-electron chi connectivity index (χ0n) is 17.3. The maximum Gasteiger partial charge on any atom is 0.145 e. The van der Waals surface area contributed by atoms with E-state index >= 15 is 0 Å². The van der Waals surface area contributed by atoms with Gasteiger partial charge in [-0.1, -0.05) is 0 Å².